The molecule has 2 aromatic rings. The number of carbonyl (C=O) groups excluding carboxylic acids is 1. The van der Waals surface area contributed by atoms with Gasteiger partial charge in [-0.15, -0.1) is 13.2 Å². The number of ether oxygens (including phenoxy) is 2. The Morgan fingerprint density at radius 1 is 1.21 bits per heavy atom. The van der Waals surface area contributed by atoms with Crippen LogP contribution in [0.1, 0.15) is 23.6 Å². The Hall–Kier alpha value is -2.42. The molecular weight excluding hydrogens is 487 g/mol. The molecule has 1 aromatic heterocycles. The maximum absolute atomic E-state index is 12.9. The van der Waals surface area contributed by atoms with Gasteiger partial charge >= 0.3 is 12.3 Å². The van der Waals surface area contributed by atoms with E-state index in [4.69, 9.17) is 4.74 Å². The summed E-state index contributed by atoms with van der Waals surface area (Å²) >= 11 is 1.13. The van der Waals surface area contributed by atoms with Crippen molar-refractivity contribution < 1.29 is 41.0 Å². The van der Waals surface area contributed by atoms with Crippen LogP contribution in [0, 0.1) is 6.92 Å². The summed E-state index contributed by atoms with van der Waals surface area (Å²) in [5.74, 6) is -1.27. The number of benzene rings is 1. The number of carbonyl (C=O) groups is 1. The number of rotatable bonds is 7. The van der Waals surface area contributed by atoms with E-state index in [2.05, 4.69) is 9.72 Å². The van der Waals surface area contributed by atoms with Crippen molar-refractivity contribution in [2.24, 2.45) is 0 Å². The Morgan fingerprint density at radius 3 is 2.36 bits per heavy atom. The second kappa shape index (κ2) is 9.83. The lowest BCUT2D eigenvalue weighted by Crippen LogP contribution is -2.48. The predicted molar refractivity (Wildman–Crippen MR) is 113 cm³/mol. The standard InChI is InChI=1S/C19H22F3N3O6S2/c1-3-30-17(27)15(26)16-12(2)23-18(32-16)24-8-10-25(11-9-24)33(28,29)14-6-4-13(5-7-14)31-19(20,21)22/h4-7,15,26H,3,8-11H2,1-2H3. The molecule has 1 aliphatic rings. The molecule has 9 nitrogen and oxygen atoms in total. The van der Waals surface area contributed by atoms with Gasteiger partial charge in [-0.1, -0.05) is 11.3 Å². The first-order valence-electron chi connectivity index (χ1n) is 9.85. The molecule has 0 spiro atoms. The van der Waals surface area contributed by atoms with E-state index >= 15 is 0 Å². The Morgan fingerprint density at radius 2 is 1.82 bits per heavy atom. The van der Waals surface area contributed by atoms with Crippen LogP contribution in [0.25, 0.3) is 0 Å². The van der Waals surface area contributed by atoms with Crippen LogP contribution >= 0.6 is 11.3 Å². The lowest BCUT2D eigenvalue weighted by Gasteiger charge is -2.33. The van der Waals surface area contributed by atoms with Gasteiger partial charge in [0.2, 0.25) is 10.0 Å². The van der Waals surface area contributed by atoms with Gasteiger partial charge in [0.1, 0.15) is 5.75 Å². The van der Waals surface area contributed by atoms with Crippen molar-refractivity contribution in [3.8, 4) is 5.75 Å². The summed E-state index contributed by atoms with van der Waals surface area (Å²) in [5, 5.41) is 10.7. The third kappa shape index (κ3) is 5.93. The van der Waals surface area contributed by atoms with Crippen LogP contribution in [0.2, 0.25) is 0 Å². The minimum atomic E-state index is -4.86. The van der Waals surface area contributed by atoms with Crippen molar-refractivity contribution in [3.05, 3.63) is 34.8 Å². The Balaban J connectivity index is 1.66. The first kappa shape index (κ1) is 25.2. The maximum atomic E-state index is 12.9. The fourth-order valence-electron chi connectivity index (χ4n) is 3.19. The fraction of sp³-hybridized carbons (Fsp3) is 0.474. The number of sulfonamides is 1. The summed E-state index contributed by atoms with van der Waals surface area (Å²) in [6, 6.07) is 4.03. The topological polar surface area (TPSA) is 109 Å². The molecule has 182 valence electrons. The highest BCUT2D eigenvalue weighted by atomic mass is 32.2. The quantitative estimate of drug-likeness (QED) is 0.567. The number of hydrogen-bond donors (Lipinski definition) is 1. The molecule has 0 radical (unpaired) electrons. The van der Waals surface area contributed by atoms with Gasteiger partial charge in [-0.3, -0.25) is 0 Å². The summed E-state index contributed by atoms with van der Waals surface area (Å²) in [5.41, 5.74) is 0.478. The van der Waals surface area contributed by atoms with Crippen LogP contribution in [-0.4, -0.2) is 67.9 Å². The normalized spacial score (nSPS) is 16.5. The van der Waals surface area contributed by atoms with Crippen molar-refractivity contribution >= 4 is 32.5 Å². The van der Waals surface area contributed by atoms with E-state index in [0.29, 0.717) is 28.8 Å². The van der Waals surface area contributed by atoms with E-state index < -0.39 is 34.2 Å². The van der Waals surface area contributed by atoms with Gasteiger partial charge in [-0.05, 0) is 38.1 Å². The lowest BCUT2D eigenvalue weighted by atomic mass is 10.2. The molecule has 0 aliphatic carbocycles. The first-order chi connectivity index (χ1) is 15.4. The van der Waals surface area contributed by atoms with Crippen LogP contribution in [0.4, 0.5) is 18.3 Å². The molecule has 0 bridgehead atoms. The average Bonchev–Trinajstić information content (AvgIpc) is 3.14. The summed E-state index contributed by atoms with van der Waals surface area (Å²) in [6.07, 6.45) is -6.31. The highest BCUT2D eigenvalue weighted by molar-refractivity contribution is 7.89. The van der Waals surface area contributed by atoms with Crippen LogP contribution in [0.5, 0.6) is 5.75 Å². The molecule has 1 aromatic carbocycles. The zero-order valence-electron chi connectivity index (χ0n) is 17.7. The van der Waals surface area contributed by atoms with Crippen molar-refractivity contribution in [1.82, 2.24) is 9.29 Å². The number of thiazole rings is 1. The Kier molecular flexibility index (Phi) is 7.51. The van der Waals surface area contributed by atoms with Gasteiger partial charge in [0.25, 0.3) is 0 Å². The summed E-state index contributed by atoms with van der Waals surface area (Å²) < 4.78 is 72.4. The fourth-order valence-corrected chi connectivity index (χ4v) is 5.71. The molecule has 0 saturated carbocycles. The van der Waals surface area contributed by atoms with Gasteiger partial charge in [0, 0.05) is 26.2 Å². The Bertz CT molecular complexity index is 1080. The number of aliphatic hydroxyl groups excluding tert-OH is 1. The summed E-state index contributed by atoms with van der Waals surface area (Å²) in [6.45, 7) is 4.27. The Labute approximate surface area is 192 Å². The minimum Gasteiger partial charge on any atom is -0.464 e. The molecule has 33 heavy (non-hydrogen) atoms. The number of aromatic nitrogens is 1. The van der Waals surface area contributed by atoms with Crippen molar-refractivity contribution in [2.75, 3.05) is 37.7 Å². The molecule has 3 rings (SSSR count). The zero-order chi connectivity index (χ0) is 24.4. The van der Waals surface area contributed by atoms with E-state index in [1.165, 1.54) is 4.31 Å². The van der Waals surface area contributed by atoms with Crippen LogP contribution in [0.15, 0.2) is 29.2 Å². The van der Waals surface area contributed by atoms with Crippen LogP contribution in [0.3, 0.4) is 0 Å². The highest BCUT2D eigenvalue weighted by Crippen LogP contribution is 2.32. The van der Waals surface area contributed by atoms with Gasteiger partial charge in [0.05, 0.1) is 22.1 Å². The third-order valence-electron chi connectivity index (χ3n) is 4.78. The highest BCUT2D eigenvalue weighted by Gasteiger charge is 2.33. The number of nitrogens with zero attached hydrogens (tertiary/aromatic N) is 3. The minimum absolute atomic E-state index is 0.123. The van der Waals surface area contributed by atoms with E-state index in [9.17, 15) is 31.5 Å². The molecule has 14 heteroatoms. The number of esters is 1. The number of alkyl halides is 3. The summed E-state index contributed by atoms with van der Waals surface area (Å²) in [4.78, 5) is 18.3. The molecule has 1 aliphatic heterocycles. The van der Waals surface area contributed by atoms with Gasteiger partial charge < -0.3 is 19.5 Å². The van der Waals surface area contributed by atoms with Crippen molar-refractivity contribution in [2.45, 2.75) is 31.2 Å². The number of piperazine rings is 1. The van der Waals surface area contributed by atoms with Crippen molar-refractivity contribution in [1.29, 1.82) is 0 Å². The third-order valence-corrected chi connectivity index (χ3v) is 7.97. The maximum Gasteiger partial charge on any atom is 0.573 e. The number of hydrogen-bond acceptors (Lipinski definition) is 9. The van der Waals surface area contributed by atoms with Gasteiger partial charge in [0.15, 0.2) is 11.2 Å². The molecule has 1 fully saturated rings. The molecule has 0 amide bonds. The van der Waals surface area contributed by atoms with Crippen molar-refractivity contribution in [3.63, 3.8) is 0 Å². The zero-order valence-corrected chi connectivity index (χ0v) is 19.3. The number of anilines is 1. The van der Waals surface area contributed by atoms with Crippen LogP contribution < -0.4 is 9.64 Å². The SMILES string of the molecule is CCOC(=O)C(O)c1sc(N2CCN(S(=O)(=O)c3ccc(OC(F)(F)F)cc3)CC2)nc1C. The largest absolute Gasteiger partial charge is 0.573 e. The van der Waals surface area contributed by atoms with Gasteiger partial charge in [-0.2, -0.15) is 4.31 Å². The molecule has 1 atom stereocenters. The van der Waals surface area contributed by atoms with E-state index in [-0.39, 0.29) is 24.6 Å². The molecular formula is C19H22F3N3O6S2. The van der Waals surface area contributed by atoms with Gasteiger partial charge in [-0.25, -0.2) is 18.2 Å². The molecule has 2 heterocycles. The first-order valence-corrected chi connectivity index (χ1v) is 12.1. The van der Waals surface area contributed by atoms with Crippen LogP contribution in [-0.2, 0) is 19.6 Å². The van der Waals surface area contributed by atoms with E-state index in [0.717, 1.165) is 35.6 Å². The lowest BCUT2D eigenvalue weighted by molar-refractivity contribution is -0.274. The van der Waals surface area contributed by atoms with E-state index in [1.807, 2.05) is 4.90 Å². The smallest absolute Gasteiger partial charge is 0.464 e. The van der Waals surface area contributed by atoms with E-state index in [1.54, 1.807) is 13.8 Å². The molecule has 1 N–H and O–H groups in total. The monoisotopic (exact) mass is 509 g/mol. The number of aliphatic hydroxyl groups is 1. The predicted octanol–water partition coefficient (Wildman–Crippen LogP) is 2.46. The summed E-state index contributed by atoms with van der Waals surface area (Å²) in [7, 11) is -3.91. The second-order valence-electron chi connectivity index (χ2n) is 7.01. The second-order valence-corrected chi connectivity index (χ2v) is 9.96. The molecule has 1 saturated heterocycles. The number of halogens is 3. The number of aryl methyl sites for hydroxylation is 1. The molecule has 1 unspecified atom stereocenters. The average molecular weight is 510 g/mol.